The largest absolute Gasteiger partial charge is 0.250 e. The fourth-order valence-corrected chi connectivity index (χ4v) is 2.78. The Hall–Kier alpha value is -0.0800. The van der Waals surface area contributed by atoms with Gasteiger partial charge in [-0.25, -0.2) is 0 Å². The minimum atomic E-state index is 0.740. The molecule has 0 N–H and O–H groups in total. The number of hydrogen-bond acceptors (Lipinski definition) is 1. The maximum absolute atomic E-state index is 2.63. The van der Waals surface area contributed by atoms with E-state index in [1.165, 1.54) is 45.2 Å². The number of rotatable bonds is 1. The first-order valence-electron chi connectivity index (χ1n) is 5.59. The van der Waals surface area contributed by atoms with Crippen LogP contribution in [0.3, 0.4) is 0 Å². The van der Waals surface area contributed by atoms with Gasteiger partial charge < -0.3 is 0 Å². The lowest BCUT2D eigenvalue weighted by molar-refractivity contribution is -0.989. The zero-order valence-electron chi connectivity index (χ0n) is 9.34. The van der Waals surface area contributed by atoms with Crippen molar-refractivity contribution in [3.63, 3.8) is 0 Å². The van der Waals surface area contributed by atoms with E-state index in [0.717, 1.165) is 10.0 Å². The first kappa shape index (κ1) is 9.47. The SMILES string of the molecule is C[N+](C)(C)N1CCCC2(CCC2)C1. The van der Waals surface area contributed by atoms with E-state index in [0.29, 0.717) is 0 Å². The molecule has 0 aromatic carbocycles. The molecule has 1 saturated heterocycles. The minimum absolute atomic E-state index is 0.740. The number of quaternary nitrogens is 1. The van der Waals surface area contributed by atoms with Gasteiger partial charge >= 0.3 is 0 Å². The Morgan fingerprint density at radius 1 is 1.00 bits per heavy atom. The van der Waals surface area contributed by atoms with E-state index in [9.17, 15) is 0 Å². The van der Waals surface area contributed by atoms with Gasteiger partial charge in [-0.2, -0.15) is 5.01 Å². The van der Waals surface area contributed by atoms with E-state index < -0.39 is 0 Å². The normalized spacial score (nSPS) is 28.8. The summed E-state index contributed by atoms with van der Waals surface area (Å²) in [5.41, 5.74) is 0.740. The van der Waals surface area contributed by atoms with Gasteiger partial charge in [0, 0.05) is 6.54 Å². The third-order valence-corrected chi connectivity index (χ3v) is 3.90. The Labute approximate surface area is 82.1 Å². The van der Waals surface area contributed by atoms with Crippen LogP contribution < -0.4 is 0 Å². The second-order valence-electron chi connectivity index (χ2n) is 5.79. The van der Waals surface area contributed by atoms with Crippen LogP contribution in [0, 0.1) is 5.41 Å². The average molecular weight is 183 g/mol. The maximum Gasteiger partial charge on any atom is 0.0855 e. The molecule has 0 radical (unpaired) electrons. The number of nitrogens with zero attached hydrogens (tertiary/aromatic N) is 2. The molecule has 1 heterocycles. The van der Waals surface area contributed by atoms with Crippen LogP contribution in [0.25, 0.3) is 0 Å². The summed E-state index contributed by atoms with van der Waals surface area (Å²) in [7, 11) is 6.87. The van der Waals surface area contributed by atoms with Crippen LogP contribution in [0.2, 0.25) is 0 Å². The molecule has 2 fully saturated rings. The summed E-state index contributed by atoms with van der Waals surface area (Å²) in [6, 6.07) is 0. The number of piperidine rings is 1. The Morgan fingerprint density at radius 2 is 1.62 bits per heavy atom. The fraction of sp³-hybridized carbons (Fsp3) is 1.00. The molecule has 1 aliphatic heterocycles. The van der Waals surface area contributed by atoms with Crippen LogP contribution in [-0.4, -0.2) is 43.8 Å². The lowest BCUT2D eigenvalue weighted by Gasteiger charge is -2.51. The second kappa shape index (κ2) is 2.96. The second-order valence-corrected chi connectivity index (χ2v) is 5.79. The van der Waals surface area contributed by atoms with Crippen LogP contribution in [0.4, 0.5) is 0 Å². The van der Waals surface area contributed by atoms with Crippen LogP contribution in [-0.2, 0) is 0 Å². The van der Waals surface area contributed by atoms with Gasteiger partial charge in [0.15, 0.2) is 0 Å². The van der Waals surface area contributed by atoms with Crippen LogP contribution >= 0.6 is 0 Å². The third kappa shape index (κ3) is 1.75. The molecule has 0 aromatic rings. The monoisotopic (exact) mass is 183 g/mol. The molecule has 2 rings (SSSR count). The molecule has 0 bridgehead atoms. The number of hydrogen-bond donors (Lipinski definition) is 0. The highest BCUT2D eigenvalue weighted by molar-refractivity contribution is 4.91. The summed E-state index contributed by atoms with van der Waals surface area (Å²) in [6.07, 6.45) is 7.36. The predicted molar refractivity (Wildman–Crippen MR) is 55.1 cm³/mol. The van der Waals surface area contributed by atoms with Gasteiger partial charge in [-0.15, -0.1) is 0 Å². The highest BCUT2D eigenvalue weighted by atomic mass is 15.7. The van der Waals surface area contributed by atoms with Gasteiger partial charge in [-0.05, 0) is 31.1 Å². The molecular formula is C11H23N2+. The van der Waals surface area contributed by atoms with E-state index in [1.54, 1.807) is 0 Å². The van der Waals surface area contributed by atoms with Crippen LogP contribution in [0.1, 0.15) is 32.1 Å². The first-order chi connectivity index (χ1) is 6.02. The van der Waals surface area contributed by atoms with Gasteiger partial charge in [-0.3, -0.25) is 4.59 Å². The Bertz CT molecular complexity index is 189. The lowest BCUT2D eigenvalue weighted by atomic mass is 9.64. The topological polar surface area (TPSA) is 3.24 Å². The van der Waals surface area contributed by atoms with E-state index in [2.05, 4.69) is 26.2 Å². The molecule has 1 spiro atoms. The Morgan fingerprint density at radius 3 is 2.08 bits per heavy atom. The molecule has 2 aliphatic rings. The quantitative estimate of drug-likeness (QED) is 0.561. The Kier molecular flexibility index (Phi) is 2.16. The molecule has 2 nitrogen and oxygen atoms in total. The molecule has 0 unspecified atom stereocenters. The highest BCUT2D eigenvalue weighted by Crippen LogP contribution is 2.47. The van der Waals surface area contributed by atoms with Crippen molar-refractivity contribution >= 4 is 0 Å². The average Bonchev–Trinajstić information content (AvgIpc) is 2.00. The van der Waals surface area contributed by atoms with Crippen LogP contribution in [0.15, 0.2) is 0 Å². The molecule has 76 valence electrons. The van der Waals surface area contributed by atoms with Crippen LogP contribution in [0.5, 0.6) is 0 Å². The van der Waals surface area contributed by atoms with Crippen molar-refractivity contribution in [2.75, 3.05) is 34.2 Å². The van der Waals surface area contributed by atoms with Crippen molar-refractivity contribution < 1.29 is 4.59 Å². The molecule has 0 atom stereocenters. The van der Waals surface area contributed by atoms with E-state index >= 15 is 0 Å². The minimum Gasteiger partial charge on any atom is -0.250 e. The van der Waals surface area contributed by atoms with Gasteiger partial charge in [0.1, 0.15) is 0 Å². The third-order valence-electron chi connectivity index (χ3n) is 3.90. The molecule has 1 saturated carbocycles. The van der Waals surface area contributed by atoms with Crippen molar-refractivity contribution in [3.05, 3.63) is 0 Å². The van der Waals surface area contributed by atoms with E-state index in [4.69, 9.17) is 0 Å². The van der Waals surface area contributed by atoms with Gasteiger partial charge in [-0.1, -0.05) is 6.42 Å². The van der Waals surface area contributed by atoms with Crippen molar-refractivity contribution in [1.82, 2.24) is 5.01 Å². The van der Waals surface area contributed by atoms with Crippen molar-refractivity contribution in [2.24, 2.45) is 5.41 Å². The standard InChI is InChI=1S/C11H23N2/c1-13(2,3)12-9-5-8-11(10-12)6-4-7-11/h4-10H2,1-3H3/q+1. The van der Waals surface area contributed by atoms with E-state index in [-0.39, 0.29) is 0 Å². The van der Waals surface area contributed by atoms with Crippen molar-refractivity contribution in [1.29, 1.82) is 0 Å². The molecule has 2 heteroatoms. The lowest BCUT2D eigenvalue weighted by Crippen LogP contribution is -2.59. The first-order valence-corrected chi connectivity index (χ1v) is 5.59. The van der Waals surface area contributed by atoms with Gasteiger partial charge in [0.25, 0.3) is 0 Å². The summed E-state index contributed by atoms with van der Waals surface area (Å²) in [6.45, 7) is 2.64. The summed E-state index contributed by atoms with van der Waals surface area (Å²) >= 11 is 0. The maximum atomic E-state index is 2.63. The smallest absolute Gasteiger partial charge is 0.0855 e. The van der Waals surface area contributed by atoms with Crippen molar-refractivity contribution in [3.8, 4) is 0 Å². The van der Waals surface area contributed by atoms with Crippen molar-refractivity contribution in [2.45, 2.75) is 32.1 Å². The molecule has 13 heavy (non-hydrogen) atoms. The Balaban J connectivity index is 2.00. The van der Waals surface area contributed by atoms with Gasteiger partial charge in [0.2, 0.25) is 0 Å². The summed E-state index contributed by atoms with van der Waals surface area (Å²) < 4.78 is 1.02. The zero-order valence-corrected chi connectivity index (χ0v) is 9.34. The molecule has 0 amide bonds. The highest BCUT2D eigenvalue weighted by Gasteiger charge is 2.43. The molecule has 1 aliphatic carbocycles. The summed E-state index contributed by atoms with van der Waals surface area (Å²) in [4.78, 5) is 0. The summed E-state index contributed by atoms with van der Waals surface area (Å²) in [5, 5.41) is 2.63. The van der Waals surface area contributed by atoms with Gasteiger partial charge in [0.05, 0.1) is 27.7 Å². The summed E-state index contributed by atoms with van der Waals surface area (Å²) in [5.74, 6) is 0. The van der Waals surface area contributed by atoms with E-state index in [1.807, 2.05) is 0 Å². The zero-order chi connectivity index (χ0) is 9.53. The predicted octanol–water partition coefficient (Wildman–Crippen LogP) is 1.87. The molecular weight excluding hydrogens is 160 g/mol. The fourth-order valence-electron chi connectivity index (χ4n) is 2.78. The molecule has 0 aromatic heterocycles.